The molecular formula is C13H12BNO3. The van der Waals surface area contributed by atoms with Crippen molar-refractivity contribution in [3.05, 3.63) is 36.4 Å². The van der Waals surface area contributed by atoms with E-state index < -0.39 is 7.12 Å². The van der Waals surface area contributed by atoms with Crippen LogP contribution in [0.25, 0.3) is 0 Å². The Hall–Kier alpha value is -1.59. The van der Waals surface area contributed by atoms with Gasteiger partial charge in [-0.05, 0) is 12.5 Å². The predicted octanol–water partition coefficient (Wildman–Crippen LogP) is 0.778. The van der Waals surface area contributed by atoms with Gasteiger partial charge in [0.15, 0.2) is 5.90 Å². The summed E-state index contributed by atoms with van der Waals surface area (Å²) in [4.78, 5) is 4.52. The third-order valence-corrected chi connectivity index (χ3v) is 3.71. The molecule has 3 aliphatic rings. The van der Waals surface area contributed by atoms with Crippen molar-refractivity contribution in [1.29, 1.82) is 0 Å². The summed E-state index contributed by atoms with van der Waals surface area (Å²) >= 11 is 0. The summed E-state index contributed by atoms with van der Waals surface area (Å²) in [5.41, 5.74) is 1.51. The molecule has 3 aliphatic heterocycles. The molecule has 4 nitrogen and oxygen atoms in total. The number of fused-ring (bicyclic) bond motifs is 3. The van der Waals surface area contributed by atoms with Gasteiger partial charge >= 0.3 is 7.12 Å². The van der Waals surface area contributed by atoms with Crippen LogP contribution < -0.4 is 5.46 Å². The summed E-state index contributed by atoms with van der Waals surface area (Å²) in [6.07, 6.45) is 5.24. The first-order chi connectivity index (χ1) is 8.81. The molecule has 1 aromatic rings. The fourth-order valence-electron chi connectivity index (χ4n) is 2.81. The molecule has 18 heavy (non-hydrogen) atoms. The first-order valence-electron chi connectivity index (χ1n) is 6.17. The van der Waals surface area contributed by atoms with Crippen molar-refractivity contribution in [3.8, 4) is 0 Å². The molecular weight excluding hydrogens is 229 g/mol. The number of aliphatic imine (C=N–C) groups is 1. The molecule has 5 heteroatoms. The van der Waals surface area contributed by atoms with Crippen LogP contribution >= 0.6 is 0 Å². The average Bonchev–Trinajstić information content (AvgIpc) is 3.01. The zero-order valence-corrected chi connectivity index (χ0v) is 9.69. The molecule has 0 aliphatic carbocycles. The van der Waals surface area contributed by atoms with Crippen LogP contribution in [0.1, 0.15) is 6.42 Å². The molecule has 3 atom stereocenters. The Morgan fingerprint density at radius 3 is 2.94 bits per heavy atom. The zero-order chi connectivity index (χ0) is 12.1. The Labute approximate surface area is 105 Å². The van der Waals surface area contributed by atoms with Crippen LogP contribution in [0, 0.1) is 5.92 Å². The number of hydrogen-bond acceptors (Lipinski definition) is 4. The van der Waals surface area contributed by atoms with Crippen LogP contribution in [-0.4, -0.2) is 30.2 Å². The van der Waals surface area contributed by atoms with Crippen LogP contribution in [0.15, 0.2) is 41.4 Å². The molecule has 0 spiro atoms. The summed E-state index contributed by atoms with van der Waals surface area (Å²) < 4.78 is 11.2. The van der Waals surface area contributed by atoms with E-state index in [1.807, 2.05) is 24.3 Å². The second-order valence-corrected chi connectivity index (χ2v) is 4.85. The van der Waals surface area contributed by atoms with Crippen molar-refractivity contribution in [2.45, 2.75) is 18.6 Å². The average molecular weight is 241 g/mol. The molecule has 1 fully saturated rings. The van der Waals surface area contributed by atoms with Crippen LogP contribution in [0.3, 0.4) is 0 Å². The van der Waals surface area contributed by atoms with Crippen LogP contribution in [0.4, 0.5) is 5.69 Å². The molecule has 0 amide bonds. The van der Waals surface area contributed by atoms with Gasteiger partial charge in [-0.15, -0.1) is 0 Å². The van der Waals surface area contributed by atoms with E-state index in [2.05, 4.69) is 17.1 Å². The predicted molar refractivity (Wildman–Crippen MR) is 68.1 cm³/mol. The molecule has 0 radical (unpaired) electrons. The van der Waals surface area contributed by atoms with Crippen molar-refractivity contribution < 1.29 is 14.4 Å². The highest BCUT2D eigenvalue weighted by Crippen LogP contribution is 2.36. The summed E-state index contributed by atoms with van der Waals surface area (Å²) in [7, 11) is -0.920. The quantitative estimate of drug-likeness (QED) is 0.583. The Bertz CT molecular complexity index is 557. The fraction of sp³-hybridized carbons (Fsp3) is 0.308. The number of ether oxygens (including phenoxy) is 1. The number of rotatable bonds is 1. The highest BCUT2D eigenvalue weighted by Gasteiger charge is 2.43. The molecule has 1 saturated heterocycles. The van der Waals surface area contributed by atoms with Gasteiger partial charge in [-0.3, -0.25) is 0 Å². The lowest BCUT2D eigenvalue weighted by Crippen LogP contribution is -2.42. The van der Waals surface area contributed by atoms with Gasteiger partial charge in [0.05, 0.1) is 23.8 Å². The van der Waals surface area contributed by atoms with Crippen molar-refractivity contribution in [1.82, 2.24) is 0 Å². The second-order valence-electron chi connectivity index (χ2n) is 4.85. The molecule has 2 bridgehead atoms. The lowest BCUT2D eigenvalue weighted by atomic mass is 9.76. The Balaban J connectivity index is 1.71. The van der Waals surface area contributed by atoms with E-state index in [4.69, 9.17) is 9.39 Å². The molecule has 1 aromatic carbocycles. The lowest BCUT2D eigenvalue weighted by Gasteiger charge is -2.24. The van der Waals surface area contributed by atoms with E-state index in [1.54, 1.807) is 0 Å². The van der Waals surface area contributed by atoms with E-state index >= 15 is 0 Å². The minimum absolute atomic E-state index is 0.0474. The van der Waals surface area contributed by atoms with E-state index in [0.717, 1.165) is 17.6 Å². The Morgan fingerprint density at radius 1 is 1.28 bits per heavy atom. The number of nitrogens with zero attached hydrogens (tertiary/aromatic N) is 1. The summed E-state index contributed by atoms with van der Waals surface area (Å²) in [6.45, 7) is 0. The molecule has 0 saturated carbocycles. The Morgan fingerprint density at radius 2 is 2.17 bits per heavy atom. The normalized spacial score (nSPS) is 32.2. The van der Waals surface area contributed by atoms with Crippen molar-refractivity contribution >= 4 is 24.2 Å². The second kappa shape index (κ2) is 3.70. The summed E-state index contributed by atoms with van der Waals surface area (Å²) in [5.74, 6) is 0.723. The fourth-order valence-corrected chi connectivity index (χ4v) is 2.81. The van der Waals surface area contributed by atoms with E-state index in [0.29, 0.717) is 5.90 Å². The highest BCUT2D eigenvalue weighted by molar-refractivity contribution is 6.64. The summed E-state index contributed by atoms with van der Waals surface area (Å²) in [6, 6.07) is 7.51. The van der Waals surface area contributed by atoms with Crippen molar-refractivity contribution in [2.24, 2.45) is 10.9 Å². The number of benzene rings is 1. The summed E-state index contributed by atoms with van der Waals surface area (Å²) in [5, 5.41) is 10.0. The van der Waals surface area contributed by atoms with E-state index in [1.165, 1.54) is 0 Å². The van der Waals surface area contributed by atoms with Gasteiger partial charge in [0.1, 0.15) is 0 Å². The van der Waals surface area contributed by atoms with Gasteiger partial charge in [-0.2, -0.15) is 0 Å². The maximum absolute atomic E-state index is 10.0. The van der Waals surface area contributed by atoms with Gasteiger partial charge in [0.25, 0.3) is 0 Å². The van der Waals surface area contributed by atoms with Crippen LogP contribution in [0.2, 0.25) is 0 Å². The van der Waals surface area contributed by atoms with Crippen LogP contribution in [-0.2, 0) is 9.39 Å². The van der Waals surface area contributed by atoms with Gasteiger partial charge in [0, 0.05) is 5.46 Å². The smallest absolute Gasteiger partial charge is 0.521 e. The van der Waals surface area contributed by atoms with Gasteiger partial charge < -0.3 is 14.4 Å². The maximum Gasteiger partial charge on any atom is 0.563 e. The van der Waals surface area contributed by atoms with Gasteiger partial charge in [-0.25, -0.2) is 4.99 Å². The molecule has 0 aromatic heterocycles. The van der Waals surface area contributed by atoms with Gasteiger partial charge in [-0.1, -0.05) is 30.4 Å². The lowest BCUT2D eigenvalue weighted by molar-refractivity contribution is 0.114. The SMILES string of the molecule is OB1OC(C2CC3C=CC2O3)=Nc2ccccc21. The molecule has 90 valence electrons. The largest absolute Gasteiger partial charge is 0.563 e. The van der Waals surface area contributed by atoms with E-state index in [-0.39, 0.29) is 18.1 Å². The number of hydrogen-bond donors (Lipinski definition) is 1. The highest BCUT2D eigenvalue weighted by atomic mass is 16.5. The maximum atomic E-state index is 10.0. The number of para-hydroxylation sites is 1. The minimum atomic E-state index is -0.920. The zero-order valence-electron chi connectivity index (χ0n) is 9.69. The molecule has 1 N–H and O–H groups in total. The van der Waals surface area contributed by atoms with Gasteiger partial charge in [0.2, 0.25) is 0 Å². The molecule has 3 unspecified atom stereocenters. The topological polar surface area (TPSA) is 51.0 Å². The first kappa shape index (κ1) is 10.3. The third kappa shape index (κ3) is 1.44. The molecule has 4 rings (SSSR count). The molecule has 3 heterocycles. The first-order valence-corrected chi connectivity index (χ1v) is 6.17. The monoisotopic (exact) mass is 241 g/mol. The van der Waals surface area contributed by atoms with Crippen LogP contribution in [0.5, 0.6) is 0 Å². The third-order valence-electron chi connectivity index (χ3n) is 3.71. The minimum Gasteiger partial charge on any atom is -0.521 e. The van der Waals surface area contributed by atoms with Crippen molar-refractivity contribution in [3.63, 3.8) is 0 Å². The van der Waals surface area contributed by atoms with Crippen molar-refractivity contribution in [2.75, 3.05) is 0 Å². The Kier molecular flexibility index (Phi) is 2.13. The van der Waals surface area contributed by atoms with E-state index in [9.17, 15) is 5.02 Å². The standard InChI is InChI=1S/C13H12BNO3/c16-14-10-3-1-2-4-11(10)15-13(18-14)9-7-8-5-6-12(9)17-8/h1-6,8-9,12,16H,7H2.